The average Bonchev–Trinajstić information content (AvgIpc) is 2.72. The zero-order chi connectivity index (χ0) is 23.6. The number of nitrogens with zero attached hydrogens (tertiary/aromatic N) is 2. The Labute approximate surface area is 190 Å². The van der Waals surface area contributed by atoms with Gasteiger partial charge in [0.25, 0.3) is 0 Å². The number of unbranched alkanes of at least 4 members (excludes halogenated alkanes) is 1. The van der Waals surface area contributed by atoms with E-state index in [0.717, 1.165) is 56.7 Å². The number of fused-ring (bicyclic) bond motifs is 1. The Morgan fingerprint density at radius 1 is 1.25 bits per heavy atom. The number of aromatic nitrogens is 1. The van der Waals surface area contributed by atoms with Crippen LogP contribution in [0.3, 0.4) is 0 Å². The van der Waals surface area contributed by atoms with E-state index in [0.29, 0.717) is 13.1 Å². The first-order valence-corrected chi connectivity index (χ1v) is 11.5. The van der Waals surface area contributed by atoms with Crippen molar-refractivity contribution in [2.45, 2.75) is 70.9 Å². The summed E-state index contributed by atoms with van der Waals surface area (Å²) in [5.41, 5.74) is 1.65. The number of pyridine rings is 1. The summed E-state index contributed by atoms with van der Waals surface area (Å²) in [5, 5.41) is 24.6. The number of nitrogens with one attached hydrogen (secondary N) is 2. The van der Waals surface area contributed by atoms with E-state index in [1.807, 2.05) is 4.90 Å². The lowest BCUT2D eigenvalue weighted by Gasteiger charge is -2.25. The van der Waals surface area contributed by atoms with E-state index < -0.39 is 23.7 Å². The van der Waals surface area contributed by atoms with Gasteiger partial charge in [-0.25, -0.2) is 14.6 Å². The minimum Gasteiger partial charge on any atom is -0.480 e. The fourth-order valence-corrected chi connectivity index (χ4v) is 3.65. The smallest absolute Gasteiger partial charge is 0.408 e. The van der Waals surface area contributed by atoms with Crippen molar-refractivity contribution in [1.29, 1.82) is 0 Å². The van der Waals surface area contributed by atoms with E-state index in [-0.39, 0.29) is 13.0 Å². The second-order valence-corrected chi connectivity index (χ2v) is 9.19. The number of carboxylic acid groups (broad SMARTS) is 1. The molecule has 1 aromatic heterocycles. The van der Waals surface area contributed by atoms with E-state index in [1.165, 1.54) is 5.56 Å². The van der Waals surface area contributed by atoms with Crippen molar-refractivity contribution in [2.24, 2.45) is 0 Å². The molecule has 0 aliphatic carbocycles. The van der Waals surface area contributed by atoms with Crippen LogP contribution in [0.25, 0.3) is 0 Å². The predicted octanol–water partition coefficient (Wildman–Crippen LogP) is 2.42. The molecule has 2 rings (SSSR count). The molecule has 0 spiro atoms. The number of alkyl carbamates (subject to hydrolysis) is 1. The zero-order valence-electron chi connectivity index (χ0n) is 19.5. The summed E-state index contributed by atoms with van der Waals surface area (Å²) in [6.45, 7) is 7.79. The molecule has 0 aromatic carbocycles. The van der Waals surface area contributed by atoms with Gasteiger partial charge in [0.15, 0.2) is 0 Å². The highest BCUT2D eigenvalue weighted by Crippen LogP contribution is 2.20. The number of aliphatic carboxylic acids is 1. The number of aryl methyl sites for hydroxylation is 2. The number of ether oxygens (including phenoxy) is 1. The molecule has 32 heavy (non-hydrogen) atoms. The molecule has 1 atom stereocenters. The minimum atomic E-state index is -1.10. The molecule has 0 unspecified atom stereocenters. The fourth-order valence-electron chi connectivity index (χ4n) is 3.65. The van der Waals surface area contributed by atoms with Gasteiger partial charge in [0, 0.05) is 25.3 Å². The summed E-state index contributed by atoms with van der Waals surface area (Å²) >= 11 is 0. The standard InChI is InChI=1S/C23H38N4O5/c1-23(2,3)32-22(31)26-19(21(29)30)11-14-27(15-16-28)13-5-4-8-18-10-9-17-7-6-12-24-20(17)25-18/h9-10,19,28H,4-8,11-16H2,1-3H3,(H,24,25)(H,26,31)(H,29,30)/t19-/m0/s1. The Hall–Kier alpha value is -2.39. The maximum atomic E-state index is 11.9. The predicted molar refractivity (Wildman–Crippen MR) is 123 cm³/mol. The average molecular weight is 451 g/mol. The maximum Gasteiger partial charge on any atom is 0.408 e. The third-order valence-corrected chi connectivity index (χ3v) is 5.25. The fraction of sp³-hybridized carbons (Fsp3) is 0.696. The number of amides is 1. The van der Waals surface area contributed by atoms with Gasteiger partial charge in [-0.15, -0.1) is 0 Å². The third kappa shape index (κ3) is 9.40. The second-order valence-electron chi connectivity index (χ2n) is 9.19. The van der Waals surface area contributed by atoms with Crippen LogP contribution in [0.2, 0.25) is 0 Å². The zero-order valence-corrected chi connectivity index (χ0v) is 19.5. The van der Waals surface area contributed by atoms with E-state index in [9.17, 15) is 19.8 Å². The van der Waals surface area contributed by atoms with Crippen molar-refractivity contribution < 1.29 is 24.5 Å². The van der Waals surface area contributed by atoms with Crippen LogP contribution in [-0.2, 0) is 22.4 Å². The van der Waals surface area contributed by atoms with E-state index >= 15 is 0 Å². The van der Waals surface area contributed by atoms with Crippen LogP contribution in [0.15, 0.2) is 12.1 Å². The quantitative estimate of drug-likeness (QED) is 0.358. The number of aliphatic hydroxyl groups is 1. The number of carboxylic acids is 1. The molecule has 0 saturated carbocycles. The lowest BCUT2D eigenvalue weighted by molar-refractivity contribution is -0.139. The molecule has 0 saturated heterocycles. The van der Waals surface area contributed by atoms with Crippen LogP contribution in [0, 0.1) is 0 Å². The number of rotatable bonds is 12. The third-order valence-electron chi connectivity index (χ3n) is 5.25. The SMILES string of the molecule is CC(C)(C)OC(=O)N[C@@H](CCN(CCO)CCCCc1ccc2c(n1)NCCC2)C(=O)O. The number of carbonyl (C=O) groups is 2. The molecule has 1 aliphatic rings. The highest BCUT2D eigenvalue weighted by molar-refractivity contribution is 5.80. The van der Waals surface area contributed by atoms with Gasteiger partial charge in [-0.2, -0.15) is 0 Å². The molecule has 1 aliphatic heterocycles. The second kappa shape index (κ2) is 12.6. The van der Waals surface area contributed by atoms with Crippen LogP contribution in [0.1, 0.15) is 57.7 Å². The lowest BCUT2D eigenvalue weighted by Crippen LogP contribution is -2.45. The van der Waals surface area contributed by atoms with Gasteiger partial charge in [0.2, 0.25) is 0 Å². The van der Waals surface area contributed by atoms with Gasteiger partial charge in [-0.1, -0.05) is 6.07 Å². The highest BCUT2D eigenvalue weighted by atomic mass is 16.6. The van der Waals surface area contributed by atoms with E-state index in [1.54, 1.807) is 20.8 Å². The first kappa shape index (κ1) is 25.9. The summed E-state index contributed by atoms with van der Waals surface area (Å²) in [6, 6.07) is 3.21. The Bertz CT molecular complexity index is 750. The summed E-state index contributed by atoms with van der Waals surface area (Å²) < 4.78 is 5.15. The van der Waals surface area contributed by atoms with E-state index in [2.05, 4.69) is 22.8 Å². The normalized spacial score (nSPS) is 14.4. The Morgan fingerprint density at radius 3 is 2.72 bits per heavy atom. The van der Waals surface area contributed by atoms with Crippen LogP contribution < -0.4 is 10.6 Å². The van der Waals surface area contributed by atoms with Gasteiger partial charge < -0.3 is 30.5 Å². The largest absolute Gasteiger partial charge is 0.480 e. The number of hydrogen-bond donors (Lipinski definition) is 4. The monoisotopic (exact) mass is 450 g/mol. The first-order valence-electron chi connectivity index (χ1n) is 11.5. The molecule has 9 nitrogen and oxygen atoms in total. The first-order chi connectivity index (χ1) is 15.2. The van der Waals surface area contributed by atoms with Crippen molar-refractivity contribution in [3.05, 3.63) is 23.4 Å². The highest BCUT2D eigenvalue weighted by Gasteiger charge is 2.24. The molecule has 1 amide bonds. The lowest BCUT2D eigenvalue weighted by atomic mass is 10.1. The van der Waals surface area contributed by atoms with Crippen molar-refractivity contribution in [3.8, 4) is 0 Å². The molecule has 9 heteroatoms. The molecular weight excluding hydrogens is 412 g/mol. The molecular formula is C23H38N4O5. The molecule has 0 bridgehead atoms. The number of hydrogen-bond acceptors (Lipinski definition) is 7. The molecule has 2 heterocycles. The molecule has 0 fully saturated rings. The van der Waals surface area contributed by atoms with Crippen molar-refractivity contribution in [3.63, 3.8) is 0 Å². The van der Waals surface area contributed by atoms with Crippen LogP contribution in [0.5, 0.6) is 0 Å². The van der Waals surface area contributed by atoms with Gasteiger partial charge in [-0.3, -0.25) is 0 Å². The summed E-state index contributed by atoms with van der Waals surface area (Å²) in [6.07, 6.45) is 4.43. The molecule has 180 valence electrons. The number of aliphatic hydroxyl groups excluding tert-OH is 1. The van der Waals surface area contributed by atoms with Gasteiger partial charge in [0.05, 0.1) is 6.61 Å². The Balaban J connectivity index is 1.77. The van der Waals surface area contributed by atoms with E-state index in [4.69, 9.17) is 9.72 Å². The van der Waals surface area contributed by atoms with Gasteiger partial charge in [0.1, 0.15) is 17.5 Å². The molecule has 4 N–H and O–H groups in total. The maximum absolute atomic E-state index is 11.9. The van der Waals surface area contributed by atoms with Gasteiger partial charge in [-0.05, 0) is 77.5 Å². The van der Waals surface area contributed by atoms with Crippen LogP contribution in [-0.4, -0.2) is 76.6 Å². The summed E-state index contributed by atoms with van der Waals surface area (Å²) in [4.78, 5) is 30.2. The Morgan fingerprint density at radius 2 is 2.03 bits per heavy atom. The van der Waals surface area contributed by atoms with Gasteiger partial charge >= 0.3 is 12.1 Å². The summed E-state index contributed by atoms with van der Waals surface area (Å²) in [7, 11) is 0. The summed E-state index contributed by atoms with van der Waals surface area (Å²) in [5.74, 6) is -0.0974. The van der Waals surface area contributed by atoms with Crippen molar-refractivity contribution in [2.75, 3.05) is 38.1 Å². The van der Waals surface area contributed by atoms with Crippen LogP contribution >= 0.6 is 0 Å². The molecule has 0 radical (unpaired) electrons. The van der Waals surface area contributed by atoms with Crippen molar-refractivity contribution in [1.82, 2.24) is 15.2 Å². The Kier molecular flexibility index (Phi) is 10.2. The van der Waals surface area contributed by atoms with Crippen molar-refractivity contribution >= 4 is 17.9 Å². The number of carbonyl (C=O) groups excluding carboxylic acids is 1. The minimum absolute atomic E-state index is 0.00468. The topological polar surface area (TPSA) is 124 Å². The van der Waals surface area contributed by atoms with Crippen LogP contribution in [0.4, 0.5) is 10.6 Å². The molecule has 1 aromatic rings. The number of anilines is 1.